The van der Waals surface area contributed by atoms with Crippen molar-refractivity contribution in [3.63, 3.8) is 0 Å². The van der Waals surface area contributed by atoms with E-state index in [-0.39, 0.29) is 18.1 Å². The number of rotatable bonds is 5. The molecule has 1 aliphatic rings. The average molecular weight is 392 g/mol. The van der Waals surface area contributed by atoms with Crippen molar-refractivity contribution in [1.82, 2.24) is 14.9 Å². The molecule has 0 aliphatic carbocycles. The average Bonchev–Trinajstić information content (AvgIpc) is 3.03. The van der Waals surface area contributed by atoms with Crippen LogP contribution in [0.4, 0.5) is 17.3 Å². The third kappa shape index (κ3) is 5.08. The summed E-state index contributed by atoms with van der Waals surface area (Å²) in [6.45, 7) is 9.36. The molecular formula is C18H33N9O. The van der Waals surface area contributed by atoms with Crippen molar-refractivity contribution in [2.45, 2.75) is 45.6 Å². The molecule has 5 N–H and O–H groups in total. The van der Waals surface area contributed by atoms with E-state index in [9.17, 15) is 5.11 Å². The standard InChI is InChI=1S/C18H33N9O/c1-7-21-24-13(25(5)6)11-27(20)16-14(19)15(26-9-8-12(28)10-26)22-17(23-16)18(2,3)4/h7,12,28H,8-11,19-20H2,1-6H3/b21-7-,24-13-. The van der Waals surface area contributed by atoms with Crippen LogP contribution >= 0.6 is 0 Å². The first-order chi connectivity index (χ1) is 13.0. The predicted octanol–water partition coefficient (Wildman–Crippen LogP) is 0.573. The van der Waals surface area contributed by atoms with E-state index in [0.29, 0.717) is 48.5 Å². The fraction of sp³-hybridized carbons (Fsp3) is 0.667. The van der Waals surface area contributed by atoms with Gasteiger partial charge in [0.2, 0.25) is 0 Å². The van der Waals surface area contributed by atoms with E-state index in [0.717, 1.165) is 0 Å². The number of aliphatic hydroxyl groups excluding tert-OH is 1. The number of likely N-dealkylation sites (N-methyl/N-ethyl adjacent to an activating group) is 1. The largest absolute Gasteiger partial charge is 0.393 e. The highest BCUT2D eigenvalue weighted by molar-refractivity contribution is 5.88. The molecule has 156 valence electrons. The molecule has 1 unspecified atom stereocenters. The summed E-state index contributed by atoms with van der Waals surface area (Å²) in [5, 5.41) is 19.5. The first-order valence-corrected chi connectivity index (χ1v) is 9.39. The number of hydrogen-bond donors (Lipinski definition) is 3. The first kappa shape index (κ1) is 21.8. The second kappa shape index (κ2) is 8.70. The molecule has 1 atom stereocenters. The maximum Gasteiger partial charge on any atom is 0.172 e. The third-order valence-electron chi connectivity index (χ3n) is 4.43. The number of nitrogen functional groups attached to an aromatic ring is 1. The van der Waals surface area contributed by atoms with Crippen molar-refractivity contribution in [2.75, 3.05) is 49.4 Å². The number of β-amino-alcohol motifs (C(OH)–C–C–N with tert-alkyl or cyclic N) is 1. The Hall–Kier alpha value is -2.46. The minimum Gasteiger partial charge on any atom is -0.393 e. The lowest BCUT2D eigenvalue weighted by Crippen LogP contribution is -2.42. The number of nitrogens with zero attached hydrogens (tertiary/aromatic N) is 7. The van der Waals surface area contributed by atoms with Gasteiger partial charge in [0.1, 0.15) is 17.3 Å². The molecule has 0 saturated carbocycles. The van der Waals surface area contributed by atoms with E-state index in [1.807, 2.05) is 44.7 Å². The number of aromatic nitrogens is 2. The van der Waals surface area contributed by atoms with Gasteiger partial charge in [-0.1, -0.05) is 20.8 Å². The van der Waals surface area contributed by atoms with Gasteiger partial charge >= 0.3 is 0 Å². The van der Waals surface area contributed by atoms with Gasteiger partial charge < -0.3 is 20.6 Å². The van der Waals surface area contributed by atoms with E-state index < -0.39 is 0 Å². The normalized spacial score (nSPS) is 18.2. The van der Waals surface area contributed by atoms with Gasteiger partial charge in [-0.2, -0.15) is 5.10 Å². The Balaban J connectivity index is 2.46. The highest BCUT2D eigenvalue weighted by atomic mass is 16.3. The maximum absolute atomic E-state index is 9.93. The summed E-state index contributed by atoms with van der Waals surface area (Å²) in [5.74, 6) is 8.69. The van der Waals surface area contributed by atoms with Gasteiger partial charge in [-0.05, 0) is 13.3 Å². The lowest BCUT2D eigenvalue weighted by molar-refractivity contribution is 0.198. The van der Waals surface area contributed by atoms with Crippen LogP contribution < -0.4 is 21.5 Å². The molecule has 0 amide bonds. The van der Waals surface area contributed by atoms with Gasteiger partial charge in [-0.3, -0.25) is 5.01 Å². The predicted molar refractivity (Wildman–Crippen MR) is 115 cm³/mol. The number of nitrogens with two attached hydrogens (primary N) is 2. The van der Waals surface area contributed by atoms with Crippen LogP contribution in [-0.4, -0.2) is 71.9 Å². The molecule has 28 heavy (non-hydrogen) atoms. The number of aliphatic hydroxyl groups is 1. The summed E-state index contributed by atoms with van der Waals surface area (Å²) in [4.78, 5) is 13.2. The van der Waals surface area contributed by atoms with Gasteiger partial charge in [-0.25, -0.2) is 15.8 Å². The molecule has 1 aromatic heterocycles. The van der Waals surface area contributed by atoms with Crippen LogP contribution in [0.15, 0.2) is 10.2 Å². The molecule has 0 spiro atoms. The molecule has 1 aliphatic heterocycles. The minimum absolute atomic E-state index is 0.275. The second-order valence-electron chi connectivity index (χ2n) is 8.16. The van der Waals surface area contributed by atoms with Crippen molar-refractivity contribution in [3.05, 3.63) is 5.82 Å². The van der Waals surface area contributed by atoms with Crippen LogP contribution in [0.3, 0.4) is 0 Å². The van der Waals surface area contributed by atoms with Gasteiger partial charge in [0.15, 0.2) is 11.6 Å². The quantitative estimate of drug-likeness (QED) is 0.287. The van der Waals surface area contributed by atoms with Crippen LogP contribution in [-0.2, 0) is 5.41 Å². The molecule has 1 aromatic rings. The molecule has 0 radical (unpaired) electrons. The van der Waals surface area contributed by atoms with Crippen molar-refractivity contribution >= 4 is 29.4 Å². The Bertz CT molecular complexity index is 739. The monoisotopic (exact) mass is 391 g/mol. The smallest absolute Gasteiger partial charge is 0.172 e. The highest BCUT2D eigenvalue weighted by Crippen LogP contribution is 2.34. The Kier molecular flexibility index (Phi) is 6.78. The zero-order valence-corrected chi connectivity index (χ0v) is 17.7. The van der Waals surface area contributed by atoms with Crippen LogP contribution in [0.5, 0.6) is 0 Å². The third-order valence-corrected chi connectivity index (χ3v) is 4.43. The Morgan fingerprint density at radius 3 is 2.54 bits per heavy atom. The lowest BCUT2D eigenvalue weighted by atomic mass is 9.95. The van der Waals surface area contributed by atoms with Crippen molar-refractivity contribution < 1.29 is 5.11 Å². The van der Waals surface area contributed by atoms with Gasteiger partial charge in [0, 0.05) is 38.8 Å². The number of anilines is 3. The molecule has 1 saturated heterocycles. The summed E-state index contributed by atoms with van der Waals surface area (Å²) in [6.07, 6.45) is 1.91. The zero-order valence-electron chi connectivity index (χ0n) is 17.7. The van der Waals surface area contributed by atoms with E-state index in [2.05, 4.69) is 15.2 Å². The second-order valence-corrected chi connectivity index (χ2v) is 8.16. The van der Waals surface area contributed by atoms with Gasteiger partial charge in [-0.15, -0.1) is 5.10 Å². The first-order valence-electron chi connectivity index (χ1n) is 9.39. The van der Waals surface area contributed by atoms with E-state index in [1.54, 1.807) is 13.1 Å². The minimum atomic E-state index is -0.385. The maximum atomic E-state index is 9.93. The molecule has 2 heterocycles. The molecule has 2 rings (SSSR count). The summed E-state index contributed by atoms with van der Waals surface area (Å²) < 4.78 is 0. The van der Waals surface area contributed by atoms with Gasteiger partial charge in [0.05, 0.1) is 12.6 Å². The lowest BCUT2D eigenvalue weighted by Gasteiger charge is -2.28. The topological polar surface area (TPSA) is 132 Å². The SMILES string of the molecule is C/C=N\N=C(\CN(N)c1nc(C(C)(C)C)nc(N2CCC(O)C2)c1N)N(C)C. The van der Waals surface area contributed by atoms with Gasteiger partial charge in [0.25, 0.3) is 0 Å². The fourth-order valence-electron chi connectivity index (χ4n) is 2.79. The molecule has 0 bridgehead atoms. The summed E-state index contributed by atoms with van der Waals surface area (Å²) >= 11 is 0. The molecule has 1 fully saturated rings. The molecular weight excluding hydrogens is 358 g/mol. The highest BCUT2D eigenvalue weighted by Gasteiger charge is 2.29. The van der Waals surface area contributed by atoms with Crippen LogP contribution in [0.25, 0.3) is 0 Å². The Labute approximate surface area is 166 Å². The van der Waals surface area contributed by atoms with Crippen LogP contribution in [0.2, 0.25) is 0 Å². The Morgan fingerprint density at radius 1 is 1.36 bits per heavy atom. The summed E-state index contributed by atoms with van der Waals surface area (Å²) in [7, 11) is 3.75. The molecule has 10 heteroatoms. The van der Waals surface area contributed by atoms with E-state index >= 15 is 0 Å². The van der Waals surface area contributed by atoms with Crippen LogP contribution in [0.1, 0.15) is 39.9 Å². The zero-order chi connectivity index (χ0) is 21.1. The molecule has 0 aromatic carbocycles. The van der Waals surface area contributed by atoms with Crippen molar-refractivity contribution in [3.8, 4) is 0 Å². The molecule has 10 nitrogen and oxygen atoms in total. The van der Waals surface area contributed by atoms with Crippen molar-refractivity contribution in [1.29, 1.82) is 0 Å². The Morgan fingerprint density at radius 2 is 2.04 bits per heavy atom. The number of amidine groups is 1. The van der Waals surface area contributed by atoms with Crippen LogP contribution in [0, 0.1) is 0 Å². The van der Waals surface area contributed by atoms with Crippen molar-refractivity contribution in [2.24, 2.45) is 16.0 Å². The number of hydrogen-bond acceptors (Lipinski definition) is 9. The fourth-order valence-corrected chi connectivity index (χ4v) is 2.79. The number of hydrazine groups is 1. The van der Waals surface area contributed by atoms with E-state index in [4.69, 9.17) is 16.6 Å². The summed E-state index contributed by atoms with van der Waals surface area (Å²) in [5.41, 5.74) is 6.52. The summed E-state index contributed by atoms with van der Waals surface area (Å²) in [6, 6.07) is 0. The van der Waals surface area contributed by atoms with E-state index in [1.165, 1.54) is 5.01 Å².